The van der Waals surface area contributed by atoms with Crippen LogP contribution in [0.3, 0.4) is 0 Å². The summed E-state index contributed by atoms with van der Waals surface area (Å²) in [5, 5.41) is 13.1. The first-order chi connectivity index (χ1) is 9.81. The number of ether oxygens (including phenoxy) is 1. The third-order valence-electron chi connectivity index (χ3n) is 3.06. The normalized spacial score (nSPS) is 18.6. The van der Waals surface area contributed by atoms with Crippen LogP contribution in [-0.4, -0.2) is 37.9 Å². The Hall–Kier alpha value is -1.18. The van der Waals surface area contributed by atoms with Gasteiger partial charge in [0.25, 0.3) is 0 Å². The lowest BCUT2D eigenvalue weighted by atomic mass is 10.2. The molecule has 3 rings (SSSR count). The quantitative estimate of drug-likeness (QED) is 0.623. The summed E-state index contributed by atoms with van der Waals surface area (Å²) in [6.45, 7) is 1.56. The smallest absolute Gasteiger partial charge is 0.209 e. The predicted molar refractivity (Wildman–Crippen MR) is 75.6 cm³/mol. The molecule has 1 aliphatic heterocycles. The Labute approximate surface area is 125 Å². The second-order valence-electron chi connectivity index (χ2n) is 4.56. The molecule has 1 fully saturated rings. The van der Waals surface area contributed by atoms with E-state index >= 15 is 0 Å². The molecule has 8 heteroatoms. The molecule has 0 spiro atoms. The summed E-state index contributed by atoms with van der Waals surface area (Å²) >= 11 is 7.35. The van der Waals surface area contributed by atoms with Gasteiger partial charge in [0.2, 0.25) is 5.16 Å². The highest BCUT2D eigenvalue weighted by molar-refractivity contribution is 7.98. The van der Waals surface area contributed by atoms with Crippen LogP contribution >= 0.6 is 23.4 Å². The van der Waals surface area contributed by atoms with E-state index in [0.717, 1.165) is 35.9 Å². The Morgan fingerprint density at radius 2 is 2.40 bits per heavy atom. The van der Waals surface area contributed by atoms with Gasteiger partial charge in [0, 0.05) is 18.6 Å². The molecule has 1 aliphatic rings. The zero-order chi connectivity index (χ0) is 13.8. The maximum absolute atomic E-state index is 5.76. The molecule has 20 heavy (non-hydrogen) atoms. The van der Waals surface area contributed by atoms with Gasteiger partial charge in [0.05, 0.1) is 12.6 Å². The Kier molecular flexibility index (Phi) is 4.49. The molecule has 2 aromatic heterocycles. The minimum absolute atomic E-state index is 0.232. The van der Waals surface area contributed by atoms with Crippen molar-refractivity contribution in [2.45, 2.75) is 36.4 Å². The van der Waals surface area contributed by atoms with Gasteiger partial charge in [-0.3, -0.25) is 0 Å². The van der Waals surface area contributed by atoms with Crippen molar-refractivity contribution in [2.75, 3.05) is 6.61 Å². The SMILES string of the molecule is Clc1ccc(CSc2nnnn2CC2CCCO2)cn1. The molecule has 1 atom stereocenters. The molecule has 0 radical (unpaired) electrons. The van der Waals surface area contributed by atoms with Crippen LogP contribution in [0.25, 0.3) is 0 Å². The van der Waals surface area contributed by atoms with Gasteiger partial charge in [-0.15, -0.1) is 5.10 Å². The van der Waals surface area contributed by atoms with E-state index < -0.39 is 0 Å². The summed E-state index contributed by atoms with van der Waals surface area (Å²) in [5.74, 6) is 0.760. The van der Waals surface area contributed by atoms with Gasteiger partial charge in [-0.25, -0.2) is 9.67 Å². The fourth-order valence-corrected chi connectivity index (χ4v) is 2.97. The first kappa shape index (κ1) is 13.8. The summed E-state index contributed by atoms with van der Waals surface area (Å²) in [7, 11) is 0. The third-order valence-corrected chi connectivity index (χ3v) is 4.31. The average Bonchev–Trinajstić information content (AvgIpc) is 3.11. The van der Waals surface area contributed by atoms with E-state index in [1.807, 2.05) is 10.7 Å². The van der Waals surface area contributed by atoms with Crippen LogP contribution in [0.2, 0.25) is 5.15 Å². The fourth-order valence-electron chi connectivity index (χ4n) is 2.04. The molecule has 0 bridgehead atoms. The van der Waals surface area contributed by atoms with Gasteiger partial charge >= 0.3 is 0 Å². The number of rotatable bonds is 5. The predicted octanol–water partition coefficient (Wildman–Crippen LogP) is 2.19. The first-order valence-electron chi connectivity index (χ1n) is 6.42. The van der Waals surface area contributed by atoms with E-state index in [0.29, 0.717) is 11.7 Å². The molecular formula is C12H14ClN5OS. The molecular weight excluding hydrogens is 298 g/mol. The van der Waals surface area contributed by atoms with Crippen molar-refractivity contribution in [3.8, 4) is 0 Å². The van der Waals surface area contributed by atoms with Gasteiger partial charge < -0.3 is 4.74 Å². The van der Waals surface area contributed by atoms with Crippen molar-refractivity contribution in [1.82, 2.24) is 25.2 Å². The number of aromatic nitrogens is 5. The zero-order valence-electron chi connectivity index (χ0n) is 10.8. The summed E-state index contributed by atoms with van der Waals surface area (Å²) in [6.07, 6.45) is 4.19. The van der Waals surface area contributed by atoms with Crippen molar-refractivity contribution in [3.63, 3.8) is 0 Å². The number of halogens is 1. The molecule has 0 aromatic carbocycles. The topological polar surface area (TPSA) is 65.7 Å². The van der Waals surface area contributed by atoms with Gasteiger partial charge in [0.1, 0.15) is 5.15 Å². The van der Waals surface area contributed by atoms with Crippen molar-refractivity contribution < 1.29 is 4.74 Å². The maximum Gasteiger partial charge on any atom is 0.209 e. The second-order valence-corrected chi connectivity index (χ2v) is 5.89. The minimum Gasteiger partial charge on any atom is -0.376 e. The highest BCUT2D eigenvalue weighted by atomic mass is 35.5. The number of nitrogens with zero attached hydrogens (tertiary/aromatic N) is 5. The molecule has 6 nitrogen and oxygen atoms in total. The Morgan fingerprint density at radius 1 is 1.45 bits per heavy atom. The minimum atomic E-state index is 0.232. The van der Waals surface area contributed by atoms with E-state index in [-0.39, 0.29) is 6.10 Å². The van der Waals surface area contributed by atoms with E-state index in [4.69, 9.17) is 16.3 Å². The zero-order valence-corrected chi connectivity index (χ0v) is 12.3. The lowest BCUT2D eigenvalue weighted by Crippen LogP contribution is -2.16. The van der Waals surface area contributed by atoms with Crippen molar-refractivity contribution in [2.24, 2.45) is 0 Å². The average molecular weight is 312 g/mol. The number of thioether (sulfide) groups is 1. The van der Waals surface area contributed by atoms with Crippen molar-refractivity contribution in [1.29, 1.82) is 0 Å². The van der Waals surface area contributed by atoms with E-state index in [1.165, 1.54) is 0 Å². The van der Waals surface area contributed by atoms with E-state index in [2.05, 4.69) is 20.5 Å². The van der Waals surface area contributed by atoms with Crippen LogP contribution in [-0.2, 0) is 17.0 Å². The van der Waals surface area contributed by atoms with E-state index in [1.54, 1.807) is 24.0 Å². The fraction of sp³-hybridized carbons (Fsp3) is 0.500. The molecule has 106 valence electrons. The number of pyridine rings is 1. The summed E-state index contributed by atoms with van der Waals surface area (Å²) in [5.41, 5.74) is 1.09. The lowest BCUT2D eigenvalue weighted by molar-refractivity contribution is 0.0912. The van der Waals surface area contributed by atoms with Crippen LogP contribution in [0.1, 0.15) is 18.4 Å². The Bertz CT molecular complexity index is 555. The molecule has 0 amide bonds. The Balaban J connectivity index is 1.59. The highest BCUT2D eigenvalue weighted by Crippen LogP contribution is 2.22. The van der Waals surface area contributed by atoms with Crippen LogP contribution in [0.4, 0.5) is 0 Å². The van der Waals surface area contributed by atoms with Crippen LogP contribution < -0.4 is 0 Å². The summed E-state index contributed by atoms with van der Waals surface area (Å²) in [4.78, 5) is 4.06. The monoisotopic (exact) mass is 311 g/mol. The van der Waals surface area contributed by atoms with Gasteiger partial charge in [0.15, 0.2) is 0 Å². The molecule has 1 saturated heterocycles. The standard InChI is InChI=1S/C12H14ClN5OS/c13-11-4-3-9(6-14-11)8-20-12-15-16-17-18(12)7-10-2-1-5-19-10/h3-4,6,10H,1-2,5,7-8H2. The van der Waals surface area contributed by atoms with Gasteiger partial charge in [-0.05, 0) is 34.9 Å². The second kappa shape index (κ2) is 6.51. The third kappa shape index (κ3) is 3.47. The van der Waals surface area contributed by atoms with Crippen molar-refractivity contribution >= 4 is 23.4 Å². The molecule has 0 aliphatic carbocycles. The lowest BCUT2D eigenvalue weighted by Gasteiger charge is -2.09. The van der Waals surface area contributed by atoms with E-state index in [9.17, 15) is 0 Å². The number of hydrogen-bond acceptors (Lipinski definition) is 6. The van der Waals surface area contributed by atoms with Gasteiger partial charge in [-0.1, -0.05) is 29.4 Å². The van der Waals surface area contributed by atoms with Crippen LogP contribution in [0, 0.1) is 0 Å². The maximum atomic E-state index is 5.76. The van der Waals surface area contributed by atoms with Crippen LogP contribution in [0.15, 0.2) is 23.5 Å². The number of hydrogen-bond donors (Lipinski definition) is 0. The van der Waals surface area contributed by atoms with Gasteiger partial charge in [-0.2, -0.15) is 0 Å². The largest absolute Gasteiger partial charge is 0.376 e. The molecule has 0 saturated carbocycles. The summed E-state index contributed by atoms with van der Waals surface area (Å²) < 4.78 is 7.42. The molecule has 2 aromatic rings. The Morgan fingerprint density at radius 3 is 3.15 bits per heavy atom. The molecule has 3 heterocycles. The van der Waals surface area contributed by atoms with Crippen molar-refractivity contribution in [3.05, 3.63) is 29.0 Å². The first-order valence-corrected chi connectivity index (χ1v) is 7.78. The molecule has 1 unspecified atom stereocenters. The number of tetrazole rings is 1. The molecule has 0 N–H and O–H groups in total. The summed E-state index contributed by atoms with van der Waals surface area (Å²) in [6, 6.07) is 3.74. The van der Waals surface area contributed by atoms with Crippen LogP contribution in [0.5, 0.6) is 0 Å². The highest BCUT2D eigenvalue weighted by Gasteiger charge is 2.18.